The van der Waals surface area contributed by atoms with E-state index in [9.17, 15) is 17.1 Å². The summed E-state index contributed by atoms with van der Waals surface area (Å²) in [7, 11) is -5.15. The maximum atomic E-state index is 13.2. The van der Waals surface area contributed by atoms with E-state index in [0.29, 0.717) is 43.2 Å². The molecule has 0 atom stereocenters. The van der Waals surface area contributed by atoms with Crippen molar-refractivity contribution in [2.75, 3.05) is 32.8 Å². The largest absolute Gasteiger partial charge is 0.488 e. The molecule has 1 aliphatic carbocycles. The van der Waals surface area contributed by atoms with Gasteiger partial charge < -0.3 is 13.8 Å². The number of ether oxygens (including phenoxy) is 1. The number of hydrogen-bond donors (Lipinski definition) is 1. The molecule has 5 rings (SSSR count). The van der Waals surface area contributed by atoms with Crippen LogP contribution in [0.15, 0.2) is 59.5 Å². The van der Waals surface area contributed by atoms with E-state index in [1.54, 1.807) is 17.9 Å². The van der Waals surface area contributed by atoms with E-state index in [1.165, 1.54) is 22.3 Å². The predicted octanol–water partition coefficient (Wildman–Crippen LogP) is 5.25. The Morgan fingerprint density at radius 1 is 0.974 bits per heavy atom. The lowest BCUT2D eigenvalue weighted by atomic mass is 9.98. The van der Waals surface area contributed by atoms with Crippen LogP contribution < -0.4 is 4.18 Å². The Morgan fingerprint density at radius 3 is 2.13 bits per heavy atom. The van der Waals surface area contributed by atoms with E-state index in [0.717, 1.165) is 11.1 Å². The zero-order valence-corrected chi connectivity index (χ0v) is 22.9. The molecule has 0 N–H and O–H groups in total. The lowest BCUT2D eigenvalue weighted by Crippen LogP contribution is -2.48. The number of carbonyl (C=O) groups is 1. The second-order valence-corrected chi connectivity index (χ2v) is 11.1. The maximum Gasteiger partial charge on any atom is 0.488 e. The summed E-state index contributed by atoms with van der Waals surface area (Å²) in [5.74, 6) is -0.0625. The fourth-order valence-electron chi connectivity index (χ4n) is 5.30. The molecule has 7 nitrogen and oxygen atoms in total. The quantitative estimate of drug-likeness (QED) is 0.330. The lowest BCUT2D eigenvalue weighted by molar-refractivity contribution is 0.0728. The number of piperazine rings is 1. The molecule has 0 aromatic heterocycles. The topological polar surface area (TPSA) is 76.2 Å². The van der Waals surface area contributed by atoms with Crippen LogP contribution in [0.3, 0.4) is 0 Å². The minimum Gasteiger partial charge on any atom is -0.448 e. The zero-order chi connectivity index (χ0) is 27.0. The van der Waals surface area contributed by atoms with Gasteiger partial charge in [-0.05, 0) is 53.3 Å². The van der Waals surface area contributed by atoms with Gasteiger partial charge in [0.15, 0.2) is 0 Å². The maximum absolute atomic E-state index is 13.2. The number of thiol groups is 1. The van der Waals surface area contributed by atoms with Crippen LogP contribution in [0.1, 0.15) is 33.7 Å². The average molecular weight is 557 g/mol. The average Bonchev–Trinajstić information content (AvgIpc) is 3.22. The van der Waals surface area contributed by atoms with Crippen molar-refractivity contribution >= 4 is 29.2 Å². The first-order valence-corrected chi connectivity index (χ1v) is 14.2. The lowest BCUT2D eigenvalue weighted by Gasteiger charge is -2.34. The van der Waals surface area contributed by atoms with E-state index in [-0.39, 0.29) is 24.4 Å². The van der Waals surface area contributed by atoms with Crippen LogP contribution in [0.4, 0.5) is 8.68 Å². The number of fused-ring (bicyclic) bond motifs is 3. The van der Waals surface area contributed by atoms with Gasteiger partial charge in [0.05, 0.1) is 0 Å². The van der Waals surface area contributed by atoms with E-state index >= 15 is 0 Å². The fraction of sp³-hybridized carbons (Fsp3) is 0.321. The highest BCUT2D eigenvalue weighted by Gasteiger charge is 2.30. The van der Waals surface area contributed by atoms with E-state index in [1.807, 2.05) is 31.2 Å². The second kappa shape index (κ2) is 10.6. The van der Waals surface area contributed by atoms with Crippen LogP contribution in [-0.2, 0) is 21.8 Å². The number of rotatable bonds is 6. The summed E-state index contributed by atoms with van der Waals surface area (Å²) in [6.07, 6.45) is -0.334. The highest BCUT2D eigenvalue weighted by Crippen LogP contribution is 2.44. The molecule has 2 aliphatic rings. The second-order valence-electron chi connectivity index (χ2n) is 9.68. The summed E-state index contributed by atoms with van der Waals surface area (Å²) in [5.41, 5.74) is 6.83. The van der Waals surface area contributed by atoms with Gasteiger partial charge >= 0.3 is 16.6 Å². The number of benzene rings is 3. The van der Waals surface area contributed by atoms with Gasteiger partial charge in [-0.15, -0.1) is 12.6 Å². The molecule has 0 unspecified atom stereocenters. The van der Waals surface area contributed by atoms with Crippen LogP contribution in [0.2, 0.25) is 0 Å². The molecule has 200 valence electrons. The minimum absolute atomic E-state index is 0.0112. The van der Waals surface area contributed by atoms with Crippen LogP contribution in [-0.4, -0.2) is 57.1 Å². The van der Waals surface area contributed by atoms with Crippen LogP contribution in [0.25, 0.3) is 11.1 Å². The summed E-state index contributed by atoms with van der Waals surface area (Å²) >= 11 is 4.47. The summed E-state index contributed by atoms with van der Waals surface area (Å²) in [4.78, 5) is 17.3. The molecule has 0 spiro atoms. The van der Waals surface area contributed by atoms with Crippen molar-refractivity contribution in [2.45, 2.75) is 31.2 Å². The normalized spacial score (nSPS) is 15.7. The first-order valence-electron chi connectivity index (χ1n) is 12.4. The fourth-order valence-corrected chi connectivity index (χ4v) is 5.94. The molecule has 1 saturated heterocycles. The number of carbonyl (C=O) groups excluding carboxylic acids is 1. The molecule has 1 amide bonds. The van der Waals surface area contributed by atoms with Gasteiger partial charge in [0.1, 0.15) is 12.4 Å². The first-order chi connectivity index (χ1) is 18.1. The van der Waals surface area contributed by atoms with Gasteiger partial charge in [0.2, 0.25) is 0 Å². The van der Waals surface area contributed by atoms with E-state index in [2.05, 4.69) is 46.0 Å². The molecule has 3 aromatic carbocycles. The molecule has 10 heteroatoms. The van der Waals surface area contributed by atoms with Crippen LogP contribution in [0, 0.1) is 13.8 Å². The highest BCUT2D eigenvalue weighted by atomic mass is 32.3. The third-order valence-electron chi connectivity index (χ3n) is 7.42. The molecule has 0 radical (unpaired) electrons. The predicted molar refractivity (Wildman–Crippen MR) is 146 cm³/mol. The third kappa shape index (κ3) is 5.39. The minimum atomic E-state index is -5.15. The Labute approximate surface area is 228 Å². The molecule has 38 heavy (non-hydrogen) atoms. The third-order valence-corrected chi connectivity index (χ3v) is 8.47. The van der Waals surface area contributed by atoms with Crippen molar-refractivity contribution in [3.05, 3.63) is 82.4 Å². The van der Waals surface area contributed by atoms with E-state index < -0.39 is 10.5 Å². The molecular weight excluding hydrogens is 527 g/mol. The Bertz CT molecular complexity index is 1440. The highest BCUT2D eigenvalue weighted by molar-refractivity contribution is 7.81. The zero-order valence-electron chi connectivity index (χ0n) is 21.2. The van der Waals surface area contributed by atoms with Crippen molar-refractivity contribution < 1.29 is 26.0 Å². The smallest absolute Gasteiger partial charge is 0.448 e. The van der Waals surface area contributed by atoms with E-state index in [4.69, 9.17) is 4.74 Å². The van der Waals surface area contributed by atoms with Gasteiger partial charge in [-0.1, -0.05) is 52.4 Å². The number of hydrogen-bond acceptors (Lipinski definition) is 7. The Kier molecular flexibility index (Phi) is 7.39. The van der Waals surface area contributed by atoms with Gasteiger partial charge in [-0.25, -0.2) is 4.79 Å². The number of halogens is 1. The van der Waals surface area contributed by atoms with Crippen LogP contribution in [0.5, 0.6) is 5.75 Å². The van der Waals surface area contributed by atoms with Gasteiger partial charge in [-0.3, -0.25) is 4.90 Å². The molecule has 1 fully saturated rings. The molecular formula is C28H29FN2O5S2. The van der Waals surface area contributed by atoms with Crippen molar-refractivity contribution in [1.82, 2.24) is 9.80 Å². The molecule has 0 saturated carbocycles. The van der Waals surface area contributed by atoms with Crippen molar-refractivity contribution in [3.63, 3.8) is 0 Å². The standard InChI is InChI=1S/C28H29FN2O5S2/c1-18-20(15-26(19(2)27(18)37)36-38(29,33)34)16-30-11-13-31(14-12-30)28(32)35-17-25-23-9-5-3-7-21(23)22-8-4-6-10-24(22)25/h3-10,15,25,37H,11-14,16-17H2,1-2H3. The van der Waals surface area contributed by atoms with Crippen LogP contribution >= 0.6 is 12.6 Å². The Balaban J connectivity index is 1.19. The van der Waals surface area contributed by atoms with Gasteiger partial charge in [0.25, 0.3) is 0 Å². The summed E-state index contributed by atoms with van der Waals surface area (Å²) in [6, 6.07) is 18.0. The SMILES string of the molecule is Cc1c(CN2CCN(C(=O)OCC3c4ccccc4-c4ccccc43)CC2)cc(OS(=O)(=O)F)c(C)c1S. The number of amides is 1. The first kappa shape index (κ1) is 26.5. The van der Waals surface area contributed by atoms with Gasteiger partial charge in [0, 0.05) is 49.1 Å². The Morgan fingerprint density at radius 2 is 1.55 bits per heavy atom. The van der Waals surface area contributed by atoms with Crippen molar-refractivity contribution in [2.24, 2.45) is 0 Å². The summed E-state index contributed by atoms with van der Waals surface area (Å²) < 4.78 is 45.6. The monoisotopic (exact) mass is 556 g/mol. The molecule has 0 bridgehead atoms. The Hall–Kier alpha value is -3.08. The summed E-state index contributed by atoms with van der Waals surface area (Å²) in [6.45, 7) is 6.49. The molecule has 3 aromatic rings. The molecule has 1 heterocycles. The number of nitrogens with zero attached hydrogens (tertiary/aromatic N) is 2. The van der Waals surface area contributed by atoms with Crippen molar-refractivity contribution in [3.8, 4) is 16.9 Å². The summed E-state index contributed by atoms with van der Waals surface area (Å²) in [5, 5.41) is 0. The molecule has 1 aliphatic heterocycles. The van der Waals surface area contributed by atoms with Crippen molar-refractivity contribution in [1.29, 1.82) is 0 Å². The van der Waals surface area contributed by atoms with Gasteiger partial charge in [-0.2, -0.15) is 8.42 Å².